The van der Waals surface area contributed by atoms with Crippen LogP contribution < -0.4 is 5.73 Å². The fourth-order valence-electron chi connectivity index (χ4n) is 3.33. The molecular weight excluding hydrogens is 306 g/mol. The van der Waals surface area contributed by atoms with Gasteiger partial charge in [-0.15, -0.1) is 0 Å². The molecule has 0 aliphatic heterocycles. The van der Waals surface area contributed by atoms with Crippen LogP contribution in [0, 0.1) is 0 Å². The van der Waals surface area contributed by atoms with E-state index in [0.717, 1.165) is 39.3 Å². The second-order valence-corrected chi connectivity index (χ2v) is 6.00. The molecule has 4 aromatic carbocycles. The fraction of sp³-hybridized carbons (Fsp3) is 0. The third-order valence-corrected chi connectivity index (χ3v) is 4.55. The molecule has 2 N–H and O–H groups in total. The van der Waals surface area contributed by atoms with E-state index >= 15 is 0 Å². The third-order valence-electron chi connectivity index (χ3n) is 4.55. The van der Waals surface area contributed by atoms with Gasteiger partial charge in [0.2, 0.25) is 0 Å². The van der Waals surface area contributed by atoms with Crippen LogP contribution in [0.25, 0.3) is 33.0 Å². The average Bonchev–Trinajstić information content (AvgIpc) is 2.68. The highest BCUT2D eigenvalue weighted by Crippen LogP contribution is 2.41. The lowest BCUT2D eigenvalue weighted by Gasteiger charge is -2.16. The molecule has 0 fully saturated rings. The lowest BCUT2D eigenvalue weighted by atomic mass is 9.88. The second-order valence-electron chi connectivity index (χ2n) is 6.00. The van der Waals surface area contributed by atoms with E-state index in [9.17, 15) is 4.79 Å². The fourth-order valence-corrected chi connectivity index (χ4v) is 3.33. The quantitative estimate of drug-likeness (QED) is 0.396. The number of hydrogen-bond acceptors (Lipinski definition) is 2. The molecule has 0 aliphatic rings. The van der Waals surface area contributed by atoms with Gasteiger partial charge in [-0.2, -0.15) is 0 Å². The Morgan fingerprint density at radius 3 is 2.20 bits per heavy atom. The maximum Gasteiger partial charge on any atom is 0.152 e. The summed E-state index contributed by atoms with van der Waals surface area (Å²) in [4.78, 5) is 11.4. The van der Waals surface area contributed by atoms with Crippen LogP contribution in [-0.4, -0.2) is 6.29 Å². The normalized spacial score (nSPS) is 10.7. The number of rotatable bonds is 3. The number of nitrogens with two attached hydrogens (primary N) is 1. The molecule has 0 bridgehead atoms. The molecule has 120 valence electrons. The Balaban J connectivity index is 2.10. The molecule has 2 nitrogen and oxygen atoms in total. The number of aldehydes is 1. The summed E-state index contributed by atoms with van der Waals surface area (Å²) in [6, 6.07) is 28.3. The van der Waals surface area contributed by atoms with Crippen LogP contribution in [0.4, 0.5) is 5.69 Å². The van der Waals surface area contributed by atoms with Gasteiger partial charge < -0.3 is 5.73 Å². The lowest BCUT2D eigenvalue weighted by Crippen LogP contribution is -1.99. The van der Waals surface area contributed by atoms with Crippen LogP contribution in [-0.2, 0) is 0 Å². The average molecular weight is 323 g/mol. The van der Waals surface area contributed by atoms with Crippen molar-refractivity contribution in [1.82, 2.24) is 0 Å². The summed E-state index contributed by atoms with van der Waals surface area (Å²) in [6.07, 6.45) is 0.818. The van der Waals surface area contributed by atoms with Crippen LogP contribution >= 0.6 is 0 Å². The number of hydrogen-bond donors (Lipinski definition) is 1. The SMILES string of the molecule is Nc1c(C=O)ccc(-c2ccccc2)c1-c1cccc2ccccc12. The molecule has 4 aromatic rings. The van der Waals surface area contributed by atoms with Gasteiger partial charge in [0.25, 0.3) is 0 Å². The Bertz CT molecular complexity index is 1060. The smallest absolute Gasteiger partial charge is 0.152 e. The summed E-state index contributed by atoms with van der Waals surface area (Å²) in [5.74, 6) is 0. The Kier molecular flexibility index (Phi) is 3.79. The molecule has 0 aliphatic carbocycles. The molecule has 0 saturated carbocycles. The zero-order valence-corrected chi connectivity index (χ0v) is 13.6. The zero-order chi connectivity index (χ0) is 17.2. The van der Waals surface area contributed by atoms with E-state index in [-0.39, 0.29) is 0 Å². The van der Waals surface area contributed by atoms with Gasteiger partial charge in [0.05, 0.1) is 5.69 Å². The molecule has 0 saturated heterocycles. The van der Waals surface area contributed by atoms with Crippen molar-refractivity contribution < 1.29 is 4.79 Å². The Hall–Kier alpha value is -3.39. The molecule has 0 atom stereocenters. The molecule has 0 amide bonds. The van der Waals surface area contributed by atoms with Crippen molar-refractivity contribution in [3.63, 3.8) is 0 Å². The van der Waals surface area contributed by atoms with Crippen molar-refractivity contribution in [1.29, 1.82) is 0 Å². The van der Waals surface area contributed by atoms with Crippen molar-refractivity contribution in [3.05, 3.63) is 90.5 Å². The van der Waals surface area contributed by atoms with Gasteiger partial charge in [0.1, 0.15) is 0 Å². The van der Waals surface area contributed by atoms with E-state index in [1.165, 1.54) is 0 Å². The highest BCUT2D eigenvalue weighted by atomic mass is 16.1. The zero-order valence-electron chi connectivity index (χ0n) is 13.6. The summed E-state index contributed by atoms with van der Waals surface area (Å²) in [6.45, 7) is 0. The van der Waals surface area contributed by atoms with Crippen LogP contribution in [0.15, 0.2) is 84.9 Å². The molecule has 0 radical (unpaired) electrons. The monoisotopic (exact) mass is 323 g/mol. The van der Waals surface area contributed by atoms with Gasteiger partial charge in [-0.25, -0.2) is 0 Å². The van der Waals surface area contributed by atoms with Crippen LogP contribution in [0.2, 0.25) is 0 Å². The topological polar surface area (TPSA) is 43.1 Å². The van der Waals surface area contributed by atoms with Crippen LogP contribution in [0.5, 0.6) is 0 Å². The van der Waals surface area contributed by atoms with E-state index in [0.29, 0.717) is 11.3 Å². The summed E-state index contributed by atoms with van der Waals surface area (Å²) >= 11 is 0. The highest BCUT2D eigenvalue weighted by molar-refractivity contribution is 6.06. The van der Waals surface area contributed by atoms with E-state index in [4.69, 9.17) is 5.73 Å². The molecule has 0 heterocycles. The second kappa shape index (κ2) is 6.25. The number of carbonyl (C=O) groups excluding carboxylic acids is 1. The number of nitrogen functional groups attached to an aromatic ring is 1. The standard InChI is InChI=1S/C23H17NO/c24-23-18(15-25)13-14-20(17-7-2-1-3-8-17)22(23)21-12-6-10-16-9-4-5-11-19(16)21/h1-15H,24H2. The Labute approximate surface area is 146 Å². The van der Waals surface area contributed by atoms with E-state index in [2.05, 4.69) is 36.4 Å². The van der Waals surface area contributed by atoms with E-state index in [1.54, 1.807) is 6.07 Å². The molecule has 0 spiro atoms. The first-order valence-corrected chi connectivity index (χ1v) is 8.21. The first-order valence-electron chi connectivity index (χ1n) is 8.21. The van der Waals surface area contributed by atoms with Gasteiger partial charge in [-0.05, 0) is 33.5 Å². The molecule has 4 rings (SSSR count). The number of fused-ring (bicyclic) bond motifs is 1. The maximum atomic E-state index is 11.4. The van der Waals surface area contributed by atoms with Gasteiger partial charge in [-0.3, -0.25) is 4.79 Å². The van der Waals surface area contributed by atoms with Crippen LogP contribution in [0.3, 0.4) is 0 Å². The van der Waals surface area contributed by atoms with Gasteiger partial charge in [0, 0.05) is 11.1 Å². The van der Waals surface area contributed by atoms with E-state index in [1.807, 2.05) is 42.5 Å². The molecule has 0 unspecified atom stereocenters. The third kappa shape index (κ3) is 2.58. The van der Waals surface area contributed by atoms with Gasteiger partial charge >= 0.3 is 0 Å². The first kappa shape index (κ1) is 15.2. The van der Waals surface area contributed by atoms with Crippen molar-refractivity contribution in [3.8, 4) is 22.3 Å². The van der Waals surface area contributed by atoms with E-state index < -0.39 is 0 Å². The van der Waals surface area contributed by atoms with Crippen molar-refractivity contribution in [2.75, 3.05) is 5.73 Å². The number of carbonyl (C=O) groups is 1. The van der Waals surface area contributed by atoms with Crippen molar-refractivity contribution in [2.45, 2.75) is 0 Å². The minimum absolute atomic E-state index is 0.516. The highest BCUT2D eigenvalue weighted by Gasteiger charge is 2.16. The largest absolute Gasteiger partial charge is 0.398 e. The van der Waals surface area contributed by atoms with Gasteiger partial charge in [0.15, 0.2) is 6.29 Å². The molecule has 0 aromatic heterocycles. The minimum atomic E-state index is 0.516. The predicted molar refractivity (Wildman–Crippen MR) is 105 cm³/mol. The predicted octanol–water partition coefficient (Wildman–Crippen LogP) is 5.57. The summed E-state index contributed by atoms with van der Waals surface area (Å²) in [5.41, 5.74) is 11.5. The Morgan fingerprint density at radius 2 is 1.40 bits per heavy atom. The van der Waals surface area contributed by atoms with Gasteiger partial charge in [-0.1, -0.05) is 78.9 Å². The lowest BCUT2D eigenvalue weighted by molar-refractivity contribution is 0.112. The van der Waals surface area contributed by atoms with Crippen molar-refractivity contribution in [2.24, 2.45) is 0 Å². The summed E-state index contributed by atoms with van der Waals surface area (Å²) in [7, 11) is 0. The minimum Gasteiger partial charge on any atom is -0.398 e. The first-order chi connectivity index (χ1) is 12.3. The number of anilines is 1. The summed E-state index contributed by atoms with van der Waals surface area (Å²) in [5, 5.41) is 2.27. The maximum absolute atomic E-state index is 11.4. The van der Waals surface area contributed by atoms with Crippen molar-refractivity contribution >= 4 is 22.7 Å². The summed E-state index contributed by atoms with van der Waals surface area (Å²) < 4.78 is 0. The molecule has 2 heteroatoms. The molecular formula is C23H17NO. The van der Waals surface area contributed by atoms with Crippen LogP contribution in [0.1, 0.15) is 10.4 Å². The number of benzene rings is 4. The molecule has 25 heavy (non-hydrogen) atoms. The Morgan fingerprint density at radius 1 is 0.680 bits per heavy atom.